The number of hydrogen-bond acceptors (Lipinski definition) is 3. The number of anilines is 2. The van der Waals surface area contributed by atoms with Gasteiger partial charge in [0, 0.05) is 21.4 Å². The molecule has 0 saturated carbocycles. The third-order valence-electron chi connectivity index (χ3n) is 4.58. The second kappa shape index (κ2) is 8.39. The average Bonchev–Trinajstić information content (AvgIpc) is 2.64. The van der Waals surface area contributed by atoms with Crippen LogP contribution in [0.15, 0.2) is 70.0 Å². The van der Waals surface area contributed by atoms with Crippen LogP contribution in [0.1, 0.15) is 27.0 Å². The van der Waals surface area contributed by atoms with Crippen LogP contribution in [0, 0.1) is 20.8 Å². The maximum absolute atomic E-state index is 12.9. The smallest absolute Gasteiger partial charge is 0.262 e. The van der Waals surface area contributed by atoms with Crippen molar-refractivity contribution in [1.29, 1.82) is 0 Å². The number of carbonyl (C=O) groups is 1. The van der Waals surface area contributed by atoms with Crippen molar-refractivity contribution in [1.82, 2.24) is 0 Å². The monoisotopic (exact) mass is 472 g/mol. The summed E-state index contributed by atoms with van der Waals surface area (Å²) in [5.41, 5.74) is 3.98. The van der Waals surface area contributed by atoms with Gasteiger partial charge in [-0.1, -0.05) is 34.1 Å². The summed E-state index contributed by atoms with van der Waals surface area (Å²) in [4.78, 5) is 12.7. The van der Waals surface area contributed by atoms with Crippen LogP contribution in [0.25, 0.3) is 0 Å². The number of hydrogen-bond donors (Lipinski definition) is 2. The molecule has 0 bridgehead atoms. The summed E-state index contributed by atoms with van der Waals surface area (Å²) in [6.45, 7) is 5.58. The normalized spacial score (nSPS) is 11.2. The first kappa shape index (κ1) is 21.1. The fraction of sp³-hybridized carbons (Fsp3) is 0.136. The SMILES string of the molecule is Cc1ccc(NS(=O)(=O)c2cc(C(=O)Nc3cccc(Br)c3)ccc2C)cc1C. The molecule has 0 aromatic heterocycles. The van der Waals surface area contributed by atoms with Gasteiger partial charge >= 0.3 is 0 Å². The molecule has 0 aliphatic carbocycles. The van der Waals surface area contributed by atoms with E-state index in [4.69, 9.17) is 0 Å². The molecule has 0 unspecified atom stereocenters. The predicted molar refractivity (Wildman–Crippen MR) is 120 cm³/mol. The maximum Gasteiger partial charge on any atom is 0.262 e. The van der Waals surface area contributed by atoms with E-state index < -0.39 is 10.0 Å². The molecule has 0 aliphatic heterocycles. The van der Waals surface area contributed by atoms with Crippen molar-refractivity contribution in [2.75, 3.05) is 10.0 Å². The largest absolute Gasteiger partial charge is 0.322 e. The van der Waals surface area contributed by atoms with Crippen LogP contribution in [0.2, 0.25) is 0 Å². The molecule has 0 radical (unpaired) electrons. The molecule has 3 aromatic rings. The molecule has 7 heteroatoms. The van der Waals surface area contributed by atoms with Crippen LogP contribution in [0.3, 0.4) is 0 Å². The minimum Gasteiger partial charge on any atom is -0.322 e. The van der Waals surface area contributed by atoms with Crippen molar-refractivity contribution in [2.45, 2.75) is 25.7 Å². The summed E-state index contributed by atoms with van der Waals surface area (Å²) in [5.74, 6) is -0.384. The highest BCUT2D eigenvalue weighted by Crippen LogP contribution is 2.23. The van der Waals surface area contributed by atoms with Crippen LogP contribution < -0.4 is 10.0 Å². The first-order valence-electron chi connectivity index (χ1n) is 8.93. The lowest BCUT2D eigenvalue weighted by atomic mass is 10.1. The second-order valence-electron chi connectivity index (χ2n) is 6.85. The lowest BCUT2D eigenvalue weighted by Gasteiger charge is -2.13. The predicted octanol–water partition coefficient (Wildman–Crippen LogP) is 5.43. The number of halogens is 1. The Hall–Kier alpha value is -2.64. The van der Waals surface area contributed by atoms with Crippen molar-refractivity contribution in [2.24, 2.45) is 0 Å². The van der Waals surface area contributed by atoms with Gasteiger partial charge in [-0.3, -0.25) is 9.52 Å². The van der Waals surface area contributed by atoms with Crippen LogP contribution in [-0.4, -0.2) is 14.3 Å². The number of nitrogens with one attached hydrogen (secondary N) is 2. The molecule has 29 heavy (non-hydrogen) atoms. The van der Waals surface area contributed by atoms with Gasteiger partial charge in [-0.05, 0) is 79.9 Å². The van der Waals surface area contributed by atoms with E-state index >= 15 is 0 Å². The van der Waals surface area contributed by atoms with Gasteiger partial charge in [0.2, 0.25) is 0 Å². The number of sulfonamides is 1. The summed E-state index contributed by atoms with van der Waals surface area (Å²) < 4.78 is 29.3. The Kier molecular flexibility index (Phi) is 6.10. The van der Waals surface area contributed by atoms with Gasteiger partial charge in [0.15, 0.2) is 0 Å². The molecule has 2 N–H and O–H groups in total. The third kappa shape index (κ3) is 5.05. The van der Waals surface area contributed by atoms with Gasteiger partial charge in [0.1, 0.15) is 0 Å². The van der Waals surface area contributed by atoms with Crippen molar-refractivity contribution in [3.8, 4) is 0 Å². The van der Waals surface area contributed by atoms with E-state index in [1.807, 2.05) is 26.0 Å². The summed E-state index contributed by atoms with van der Waals surface area (Å²) in [7, 11) is -3.85. The second-order valence-corrected chi connectivity index (χ2v) is 9.42. The van der Waals surface area contributed by atoms with Crippen molar-refractivity contribution < 1.29 is 13.2 Å². The first-order valence-corrected chi connectivity index (χ1v) is 11.2. The van der Waals surface area contributed by atoms with Crippen molar-refractivity contribution in [3.05, 3.63) is 87.4 Å². The van der Waals surface area contributed by atoms with E-state index in [1.165, 1.54) is 6.07 Å². The van der Waals surface area contributed by atoms with Crippen molar-refractivity contribution in [3.63, 3.8) is 0 Å². The van der Waals surface area contributed by atoms with E-state index in [-0.39, 0.29) is 16.4 Å². The molecule has 3 rings (SSSR count). The van der Waals surface area contributed by atoms with Gasteiger partial charge in [-0.25, -0.2) is 8.42 Å². The zero-order valence-electron chi connectivity index (χ0n) is 16.3. The molecular weight excluding hydrogens is 452 g/mol. The average molecular weight is 473 g/mol. The molecule has 0 atom stereocenters. The van der Waals surface area contributed by atoms with Crippen LogP contribution in [-0.2, 0) is 10.0 Å². The molecule has 0 fully saturated rings. The molecule has 1 amide bonds. The fourth-order valence-electron chi connectivity index (χ4n) is 2.82. The lowest BCUT2D eigenvalue weighted by Crippen LogP contribution is -2.17. The Morgan fingerprint density at radius 2 is 1.55 bits per heavy atom. The summed E-state index contributed by atoms with van der Waals surface area (Å²) in [6.07, 6.45) is 0. The molecule has 150 valence electrons. The highest BCUT2D eigenvalue weighted by Gasteiger charge is 2.20. The Bertz CT molecular complexity index is 1190. The minimum absolute atomic E-state index is 0.0672. The first-order chi connectivity index (χ1) is 13.7. The van der Waals surface area contributed by atoms with Gasteiger partial charge in [0.05, 0.1) is 4.90 Å². The highest BCUT2D eigenvalue weighted by molar-refractivity contribution is 9.10. The van der Waals surface area contributed by atoms with Crippen LogP contribution >= 0.6 is 15.9 Å². The van der Waals surface area contributed by atoms with Gasteiger partial charge in [-0.2, -0.15) is 0 Å². The molecule has 0 saturated heterocycles. The Morgan fingerprint density at radius 3 is 2.24 bits per heavy atom. The lowest BCUT2D eigenvalue weighted by molar-refractivity contribution is 0.102. The number of amides is 1. The van der Waals surface area contributed by atoms with Gasteiger partial charge in [0.25, 0.3) is 15.9 Å². The Morgan fingerprint density at radius 1 is 0.828 bits per heavy atom. The third-order valence-corrected chi connectivity index (χ3v) is 6.60. The van der Waals surface area contributed by atoms with Crippen LogP contribution in [0.4, 0.5) is 11.4 Å². The molecule has 5 nitrogen and oxygen atoms in total. The van der Waals surface area contributed by atoms with E-state index in [0.29, 0.717) is 16.9 Å². The minimum atomic E-state index is -3.85. The molecule has 0 heterocycles. The zero-order valence-corrected chi connectivity index (χ0v) is 18.7. The van der Waals surface area contributed by atoms with Gasteiger partial charge < -0.3 is 5.32 Å². The van der Waals surface area contributed by atoms with E-state index in [0.717, 1.165) is 15.6 Å². The summed E-state index contributed by atoms with van der Waals surface area (Å²) in [5, 5.41) is 2.78. The fourth-order valence-corrected chi connectivity index (χ4v) is 4.54. The Balaban J connectivity index is 1.89. The number of rotatable bonds is 5. The van der Waals surface area contributed by atoms with Crippen LogP contribution in [0.5, 0.6) is 0 Å². The van der Waals surface area contributed by atoms with Gasteiger partial charge in [-0.15, -0.1) is 0 Å². The maximum atomic E-state index is 12.9. The molecular formula is C22H21BrN2O3S. The zero-order chi connectivity index (χ0) is 21.2. The molecule has 3 aromatic carbocycles. The highest BCUT2D eigenvalue weighted by atomic mass is 79.9. The number of aryl methyl sites for hydroxylation is 3. The van der Waals surface area contributed by atoms with E-state index in [1.54, 1.807) is 49.4 Å². The van der Waals surface area contributed by atoms with E-state index in [2.05, 4.69) is 26.0 Å². The number of benzene rings is 3. The van der Waals surface area contributed by atoms with E-state index in [9.17, 15) is 13.2 Å². The number of carbonyl (C=O) groups excluding carboxylic acids is 1. The summed E-state index contributed by atoms with van der Waals surface area (Å²) >= 11 is 3.36. The Labute approximate surface area is 179 Å². The van der Waals surface area contributed by atoms with Crippen molar-refractivity contribution >= 4 is 43.2 Å². The molecule has 0 spiro atoms. The standard InChI is InChI=1S/C22H21BrN2O3S/c1-14-8-10-20(11-16(14)3)25-29(27,28)21-12-17(9-7-15(21)2)22(26)24-19-6-4-5-18(23)13-19/h4-13,25H,1-3H3,(H,24,26). The summed E-state index contributed by atoms with van der Waals surface area (Å²) in [6, 6.07) is 17.2. The quantitative estimate of drug-likeness (QED) is 0.519. The topological polar surface area (TPSA) is 75.3 Å². The molecule has 0 aliphatic rings.